The van der Waals surface area contributed by atoms with E-state index >= 15 is 0 Å². The number of ether oxygens (including phenoxy) is 1. The first-order valence-corrected chi connectivity index (χ1v) is 6.46. The van der Waals surface area contributed by atoms with E-state index in [1.54, 1.807) is 19.5 Å². The highest BCUT2D eigenvalue weighted by molar-refractivity contribution is 7.14. The lowest BCUT2D eigenvalue weighted by molar-refractivity contribution is 0.409. The largest absolute Gasteiger partial charge is 0.495 e. The van der Waals surface area contributed by atoms with Gasteiger partial charge in [-0.3, -0.25) is 4.98 Å². The summed E-state index contributed by atoms with van der Waals surface area (Å²) in [6.45, 7) is 0. The number of pyridine rings is 1. The van der Waals surface area contributed by atoms with Crippen molar-refractivity contribution >= 4 is 17.2 Å². The second kappa shape index (κ2) is 4.74. The summed E-state index contributed by atoms with van der Waals surface area (Å²) in [5.74, 6) is 1.73. The Morgan fingerprint density at radius 1 is 1.26 bits per heavy atom. The third-order valence-corrected chi connectivity index (χ3v) is 3.64. The number of nitrogen functional groups attached to an aromatic ring is 1. The molecule has 0 unspecified atom stereocenters. The molecule has 5 nitrogen and oxygen atoms in total. The molecular weight excluding hydrogens is 262 g/mol. The third-order valence-electron chi connectivity index (χ3n) is 2.74. The molecule has 96 valence electrons. The predicted octanol–water partition coefficient (Wildman–Crippen LogP) is 3.06. The number of aromatic nitrogens is 2. The van der Waals surface area contributed by atoms with Crippen LogP contribution in [0, 0.1) is 0 Å². The van der Waals surface area contributed by atoms with Crippen molar-refractivity contribution in [3.05, 3.63) is 36.0 Å². The van der Waals surface area contributed by atoms with Gasteiger partial charge in [-0.15, -0.1) is 11.3 Å². The number of rotatable bonds is 3. The lowest BCUT2D eigenvalue weighted by atomic mass is 10.1. The highest BCUT2D eigenvalue weighted by Gasteiger charge is 2.21. The Balaban J connectivity index is 2.20. The highest BCUT2D eigenvalue weighted by Crippen LogP contribution is 2.43. The Morgan fingerprint density at radius 2 is 2.05 bits per heavy atom. The maximum Gasteiger partial charge on any atom is 0.190 e. The topological polar surface area (TPSA) is 74.2 Å². The van der Waals surface area contributed by atoms with Gasteiger partial charge >= 0.3 is 0 Å². The zero-order chi connectivity index (χ0) is 13.2. The van der Waals surface area contributed by atoms with Crippen molar-refractivity contribution in [2.24, 2.45) is 0 Å². The van der Waals surface area contributed by atoms with Crippen LogP contribution in [0.1, 0.15) is 0 Å². The second-order valence-electron chi connectivity index (χ2n) is 3.83. The molecule has 3 aromatic rings. The summed E-state index contributed by atoms with van der Waals surface area (Å²) >= 11 is 1.52. The Bertz CT molecular complexity index is 691. The van der Waals surface area contributed by atoms with Crippen LogP contribution in [-0.4, -0.2) is 17.3 Å². The molecule has 19 heavy (non-hydrogen) atoms. The van der Waals surface area contributed by atoms with Crippen LogP contribution in [-0.2, 0) is 0 Å². The zero-order valence-electron chi connectivity index (χ0n) is 10.2. The van der Waals surface area contributed by atoms with Crippen LogP contribution in [0.4, 0.5) is 5.82 Å². The van der Waals surface area contributed by atoms with Gasteiger partial charge in [-0.2, -0.15) is 0 Å². The van der Waals surface area contributed by atoms with Gasteiger partial charge < -0.3 is 15.0 Å². The monoisotopic (exact) mass is 273 g/mol. The maximum atomic E-state index is 5.91. The van der Waals surface area contributed by atoms with Crippen LogP contribution < -0.4 is 10.5 Å². The molecule has 3 heterocycles. The van der Waals surface area contributed by atoms with Gasteiger partial charge in [-0.1, -0.05) is 5.16 Å². The predicted molar refractivity (Wildman–Crippen MR) is 74.0 cm³/mol. The molecule has 0 saturated carbocycles. The Labute approximate surface area is 113 Å². The molecule has 0 amide bonds. The average molecular weight is 273 g/mol. The Hall–Kier alpha value is -2.34. The van der Waals surface area contributed by atoms with E-state index in [9.17, 15) is 0 Å². The fraction of sp³-hybridized carbons (Fsp3) is 0.0769. The van der Waals surface area contributed by atoms with Crippen LogP contribution in [0.5, 0.6) is 5.75 Å². The molecule has 6 heteroatoms. The van der Waals surface area contributed by atoms with E-state index in [0.717, 1.165) is 21.8 Å². The molecule has 0 aliphatic rings. The van der Waals surface area contributed by atoms with E-state index in [4.69, 9.17) is 15.0 Å². The second-order valence-corrected chi connectivity index (χ2v) is 4.74. The molecule has 0 aliphatic heterocycles. The van der Waals surface area contributed by atoms with Crippen LogP contribution in [0.25, 0.3) is 21.8 Å². The fourth-order valence-electron chi connectivity index (χ4n) is 1.88. The SMILES string of the molecule is COc1ccsc1-c1onc(N)c1-c1ccncc1. The van der Waals surface area contributed by atoms with Crippen molar-refractivity contribution < 1.29 is 9.26 Å². The Morgan fingerprint density at radius 3 is 2.79 bits per heavy atom. The van der Waals surface area contributed by atoms with Crippen molar-refractivity contribution in [1.29, 1.82) is 0 Å². The maximum absolute atomic E-state index is 5.91. The number of anilines is 1. The molecule has 0 aromatic carbocycles. The summed E-state index contributed by atoms with van der Waals surface area (Å²) in [6.07, 6.45) is 3.41. The number of methoxy groups -OCH3 is 1. The molecule has 3 aromatic heterocycles. The standard InChI is InChI=1S/C13H11N3O2S/c1-17-9-4-7-19-12(9)11-10(13(14)16-18-11)8-2-5-15-6-3-8/h2-7H,1H3,(H2,14,16). The lowest BCUT2D eigenvalue weighted by Crippen LogP contribution is -1.89. The van der Waals surface area contributed by atoms with E-state index in [1.807, 2.05) is 23.6 Å². The number of nitrogens with zero attached hydrogens (tertiary/aromatic N) is 2. The van der Waals surface area contributed by atoms with Crippen LogP contribution in [0.15, 0.2) is 40.5 Å². The van der Waals surface area contributed by atoms with E-state index in [0.29, 0.717) is 11.6 Å². The molecule has 0 atom stereocenters. The number of thiophene rings is 1. The molecule has 0 fully saturated rings. The van der Waals surface area contributed by atoms with Gasteiger partial charge in [0.15, 0.2) is 11.6 Å². The zero-order valence-corrected chi connectivity index (χ0v) is 11.0. The van der Waals surface area contributed by atoms with Gasteiger partial charge in [-0.05, 0) is 29.1 Å². The summed E-state index contributed by atoms with van der Waals surface area (Å²) < 4.78 is 10.7. The molecule has 0 saturated heterocycles. The van der Waals surface area contributed by atoms with Crippen molar-refractivity contribution in [3.8, 4) is 27.5 Å². The average Bonchev–Trinajstić information content (AvgIpc) is 3.05. The molecule has 0 radical (unpaired) electrons. The van der Waals surface area contributed by atoms with Gasteiger partial charge in [-0.25, -0.2) is 0 Å². The minimum Gasteiger partial charge on any atom is -0.495 e. The number of hydrogen-bond acceptors (Lipinski definition) is 6. The first-order chi connectivity index (χ1) is 9.31. The van der Waals surface area contributed by atoms with Crippen molar-refractivity contribution in [2.75, 3.05) is 12.8 Å². The van der Waals surface area contributed by atoms with Gasteiger partial charge in [0.2, 0.25) is 0 Å². The summed E-state index contributed by atoms with van der Waals surface area (Å²) in [5, 5.41) is 5.79. The van der Waals surface area contributed by atoms with Gasteiger partial charge in [0, 0.05) is 12.4 Å². The molecule has 0 aliphatic carbocycles. The van der Waals surface area contributed by atoms with E-state index in [2.05, 4.69) is 10.1 Å². The number of hydrogen-bond donors (Lipinski definition) is 1. The molecular formula is C13H11N3O2S. The van der Waals surface area contributed by atoms with Crippen molar-refractivity contribution in [2.45, 2.75) is 0 Å². The third kappa shape index (κ3) is 1.96. The Kier molecular flexibility index (Phi) is 2.92. The molecule has 0 bridgehead atoms. The first kappa shape index (κ1) is 11.7. The normalized spacial score (nSPS) is 10.6. The minimum atomic E-state index is 0.358. The van der Waals surface area contributed by atoms with E-state index in [1.165, 1.54) is 11.3 Å². The summed E-state index contributed by atoms with van der Waals surface area (Å²) in [6, 6.07) is 5.62. The lowest BCUT2D eigenvalue weighted by Gasteiger charge is -2.02. The highest BCUT2D eigenvalue weighted by atomic mass is 32.1. The van der Waals surface area contributed by atoms with E-state index in [-0.39, 0.29) is 0 Å². The molecule has 3 rings (SSSR count). The quantitative estimate of drug-likeness (QED) is 0.793. The van der Waals surface area contributed by atoms with Gasteiger partial charge in [0.25, 0.3) is 0 Å². The van der Waals surface area contributed by atoms with Crippen LogP contribution in [0.3, 0.4) is 0 Å². The minimum absolute atomic E-state index is 0.358. The summed E-state index contributed by atoms with van der Waals surface area (Å²) in [5.41, 5.74) is 7.59. The van der Waals surface area contributed by atoms with E-state index < -0.39 is 0 Å². The summed E-state index contributed by atoms with van der Waals surface area (Å²) in [4.78, 5) is 4.87. The van der Waals surface area contributed by atoms with Gasteiger partial charge in [0.05, 0.1) is 12.7 Å². The van der Waals surface area contributed by atoms with Crippen LogP contribution >= 0.6 is 11.3 Å². The molecule has 2 N–H and O–H groups in total. The van der Waals surface area contributed by atoms with Gasteiger partial charge in [0.1, 0.15) is 10.6 Å². The smallest absolute Gasteiger partial charge is 0.190 e. The fourth-order valence-corrected chi connectivity index (χ4v) is 2.72. The summed E-state index contributed by atoms with van der Waals surface area (Å²) in [7, 11) is 1.62. The van der Waals surface area contributed by atoms with Crippen molar-refractivity contribution in [3.63, 3.8) is 0 Å². The van der Waals surface area contributed by atoms with Crippen LogP contribution in [0.2, 0.25) is 0 Å². The molecule has 0 spiro atoms. The number of nitrogens with two attached hydrogens (primary N) is 1. The van der Waals surface area contributed by atoms with Crippen molar-refractivity contribution in [1.82, 2.24) is 10.1 Å². The first-order valence-electron chi connectivity index (χ1n) is 5.58.